The Hall–Kier alpha value is -5.35. The fourth-order valence-corrected chi connectivity index (χ4v) is 6.19. The summed E-state index contributed by atoms with van der Waals surface area (Å²) in [6, 6.07) is 9.88. The molecule has 1 aromatic carbocycles. The normalized spacial score (nSPS) is 11.1. The Balaban J connectivity index is 1.38. The van der Waals surface area contributed by atoms with Crippen molar-refractivity contribution in [3.63, 3.8) is 0 Å². The maximum Gasteiger partial charge on any atom is 0.272 e. The maximum absolute atomic E-state index is 13.1. The third-order valence-electron chi connectivity index (χ3n) is 6.96. The maximum atomic E-state index is 13.1. The number of nitrogens with two attached hydrogens (primary N) is 1. The predicted octanol–water partition coefficient (Wildman–Crippen LogP) is 2.08. The van der Waals surface area contributed by atoms with Crippen LogP contribution in [0.2, 0.25) is 0 Å². The van der Waals surface area contributed by atoms with Crippen LogP contribution < -0.4 is 27.0 Å². The summed E-state index contributed by atoms with van der Waals surface area (Å²) in [6.07, 6.45) is 4.65. The molecule has 0 bridgehead atoms. The third kappa shape index (κ3) is 8.47. The summed E-state index contributed by atoms with van der Waals surface area (Å²) in [7, 11) is 1.34. The molecule has 248 valence electrons. The molecule has 0 spiro atoms. The van der Waals surface area contributed by atoms with Gasteiger partial charge in [-0.15, -0.1) is 11.6 Å². The van der Waals surface area contributed by atoms with Gasteiger partial charge in [0.1, 0.15) is 17.1 Å². The highest BCUT2D eigenvalue weighted by Gasteiger charge is 2.20. The van der Waals surface area contributed by atoms with E-state index in [-0.39, 0.29) is 52.1 Å². The number of carbonyl (C=O) groups is 5. The summed E-state index contributed by atoms with van der Waals surface area (Å²) in [5, 5.41) is 10.7. The molecule has 0 aliphatic heterocycles. The van der Waals surface area contributed by atoms with Crippen LogP contribution in [0.15, 0.2) is 66.0 Å². The minimum absolute atomic E-state index is 0.00348. The number of benzene rings is 1. The van der Waals surface area contributed by atoms with Gasteiger partial charge in [-0.2, -0.15) is 0 Å². The minimum atomic E-state index is -3.54. The number of halogens is 1. The minimum Gasteiger partial charge on any atom is -0.370 e. The number of alkyl halides is 1. The molecule has 4 rings (SSSR count). The Bertz CT molecular complexity index is 1960. The molecule has 0 saturated heterocycles. The van der Waals surface area contributed by atoms with Gasteiger partial charge in [0.25, 0.3) is 23.6 Å². The lowest BCUT2D eigenvalue weighted by Crippen LogP contribution is -2.29. The number of nitrogens with one attached hydrogen (secondary N) is 4. The second-order valence-electron chi connectivity index (χ2n) is 10.5. The van der Waals surface area contributed by atoms with Crippen LogP contribution in [0, 0.1) is 0 Å². The summed E-state index contributed by atoms with van der Waals surface area (Å²) in [6.45, 7) is 0.0813. The van der Waals surface area contributed by atoms with Crippen LogP contribution in [0.25, 0.3) is 0 Å². The van der Waals surface area contributed by atoms with Gasteiger partial charge in [-0.1, -0.05) is 0 Å². The van der Waals surface area contributed by atoms with Crippen LogP contribution in [0.1, 0.15) is 48.2 Å². The van der Waals surface area contributed by atoms with Gasteiger partial charge in [-0.05, 0) is 42.5 Å². The Kier molecular flexibility index (Phi) is 10.6. The molecule has 47 heavy (non-hydrogen) atoms. The van der Waals surface area contributed by atoms with Gasteiger partial charge < -0.3 is 40.7 Å². The van der Waals surface area contributed by atoms with E-state index < -0.39 is 39.4 Å². The second-order valence-corrected chi connectivity index (χ2v) is 13.0. The fourth-order valence-electron chi connectivity index (χ4n) is 4.59. The number of aromatic nitrogens is 3. The molecule has 5 amide bonds. The lowest BCUT2D eigenvalue weighted by Gasteiger charge is -2.05. The monoisotopic (exact) mass is 684 g/mol. The standard InChI is InChI=1S/C30H33ClN8O7S/c1-37-16-20(12-23(37)28(42)33-10-8-26(32)40)35-30(44)25-14-21(17-39(25)3)36-29(43)24-13-19(15-38(24)2)34-27(41)18-4-6-22(7-5-18)47(45,46)11-9-31/h4-7,12-17H,8-11H2,1-3H3,(H2,32,40)(H,33,42)(H,34,41)(H,35,44)(H,36,43). The van der Waals surface area contributed by atoms with Crippen LogP contribution in [-0.4, -0.2) is 69.8 Å². The van der Waals surface area contributed by atoms with Gasteiger partial charge in [0.15, 0.2) is 9.84 Å². The van der Waals surface area contributed by atoms with Gasteiger partial charge in [0.05, 0.1) is 27.7 Å². The third-order valence-corrected chi connectivity index (χ3v) is 9.11. The molecule has 0 atom stereocenters. The Morgan fingerprint density at radius 1 is 0.702 bits per heavy atom. The molecular weight excluding hydrogens is 652 g/mol. The van der Waals surface area contributed by atoms with Crippen molar-refractivity contribution in [2.45, 2.75) is 11.3 Å². The first-order valence-electron chi connectivity index (χ1n) is 14.1. The van der Waals surface area contributed by atoms with E-state index in [9.17, 15) is 32.4 Å². The molecule has 3 heterocycles. The number of hydrogen-bond acceptors (Lipinski definition) is 7. The molecule has 0 radical (unpaired) electrons. The van der Waals surface area contributed by atoms with Crippen LogP contribution in [0.5, 0.6) is 0 Å². The van der Waals surface area contributed by atoms with Crippen molar-refractivity contribution in [3.8, 4) is 0 Å². The van der Waals surface area contributed by atoms with Gasteiger partial charge in [-0.25, -0.2) is 8.42 Å². The highest BCUT2D eigenvalue weighted by molar-refractivity contribution is 7.91. The molecule has 0 aliphatic rings. The molecule has 3 aromatic heterocycles. The first-order valence-corrected chi connectivity index (χ1v) is 16.3. The predicted molar refractivity (Wildman–Crippen MR) is 175 cm³/mol. The first kappa shape index (κ1) is 34.5. The lowest BCUT2D eigenvalue weighted by molar-refractivity contribution is -0.117. The topological polar surface area (TPSA) is 208 Å². The molecule has 0 aliphatic carbocycles. The number of nitrogens with zero attached hydrogens (tertiary/aromatic N) is 3. The van der Waals surface area contributed by atoms with E-state index in [1.54, 1.807) is 39.7 Å². The molecule has 6 N–H and O–H groups in total. The zero-order valence-corrected chi connectivity index (χ0v) is 27.2. The Morgan fingerprint density at radius 2 is 1.13 bits per heavy atom. The number of aryl methyl sites for hydroxylation is 3. The Labute approximate surface area is 275 Å². The zero-order chi connectivity index (χ0) is 34.5. The zero-order valence-electron chi connectivity index (χ0n) is 25.7. The van der Waals surface area contributed by atoms with E-state index in [0.29, 0.717) is 17.1 Å². The molecule has 0 unspecified atom stereocenters. The molecule has 15 nitrogen and oxygen atoms in total. The number of carbonyl (C=O) groups excluding carboxylic acids is 5. The Morgan fingerprint density at radius 3 is 1.55 bits per heavy atom. The molecule has 17 heteroatoms. The van der Waals surface area contributed by atoms with Crippen molar-refractivity contribution in [3.05, 3.63) is 83.7 Å². The van der Waals surface area contributed by atoms with E-state index in [0.717, 1.165) is 0 Å². The second kappa shape index (κ2) is 14.4. The average Bonchev–Trinajstić information content (AvgIpc) is 3.68. The van der Waals surface area contributed by atoms with Gasteiger partial charge >= 0.3 is 0 Å². The van der Waals surface area contributed by atoms with Crippen LogP contribution in [0.4, 0.5) is 17.1 Å². The fraction of sp³-hybridized carbons (Fsp3) is 0.233. The van der Waals surface area contributed by atoms with Crippen LogP contribution in [-0.2, 0) is 35.8 Å². The highest BCUT2D eigenvalue weighted by atomic mass is 35.5. The first-order chi connectivity index (χ1) is 22.2. The van der Waals surface area contributed by atoms with Gasteiger partial charge in [0, 0.05) is 64.1 Å². The number of sulfone groups is 1. The van der Waals surface area contributed by atoms with Gasteiger partial charge in [0.2, 0.25) is 5.91 Å². The van der Waals surface area contributed by atoms with E-state index >= 15 is 0 Å². The number of hydrogen-bond donors (Lipinski definition) is 5. The highest BCUT2D eigenvalue weighted by Crippen LogP contribution is 2.21. The summed E-state index contributed by atoms with van der Waals surface area (Å²) in [5.41, 5.74) is 7.02. The van der Waals surface area contributed by atoms with Crippen molar-refractivity contribution < 1.29 is 32.4 Å². The summed E-state index contributed by atoms with van der Waals surface area (Å²) < 4.78 is 28.9. The van der Waals surface area contributed by atoms with E-state index in [1.807, 2.05) is 0 Å². The summed E-state index contributed by atoms with van der Waals surface area (Å²) in [5.74, 6) is -2.74. The average molecular weight is 685 g/mol. The summed E-state index contributed by atoms with van der Waals surface area (Å²) in [4.78, 5) is 62.3. The summed E-state index contributed by atoms with van der Waals surface area (Å²) >= 11 is 5.56. The number of primary amides is 1. The SMILES string of the molecule is Cn1cc(NC(=O)c2cc(NC(=O)c3cc(NC(=O)c4ccc(S(=O)(=O)CCCl)cc4)cn3C)cn2C)cc1C(=O)NCCC(N)=O. The van der Waals surface area contributed by atoms with Crippen LogP contribution >= 0.6 is 11.6 Å². The molecule has 0 saturated carbocycles. The van der Waals surface area contributed by atoms with Crippen LogP contribution in [0.3, 0.4) is 0 Å². The van der Waals surface area contributed by atoms with Crippen molar-refractivity contribution in [2.75, 3.05) is 34.1 Å². The quantitative estimate of drug-likeness (QED) is 0.132. The number of amides is 5. The van der Waals surface area contributed by atoms with Gasteiger partial charge in [-0.3, -0.25) is 24.0 Å². The molecular formula is C30H33ClN8O7S. The lowest BCUT2D eigenvalue weighted by atomic mass is 10.2. The van der Waals surface area contributed by atoms with Crippen molar-refractivity contribution in [1.82, 2.24) is 19.0 Å². The largest absolute Gasteiger partial charge is 0.370 e. The van der Waals surface area contributed by atoms with E-state index in [2.05, 4.69) is 21.3 Å². The smallest absolute Gasteiger partial charge is 0.272 e. The van der Waals surface area contributed by atoms with Crippen molar-refractivity contribution in [2.24, 2.45) is 26.9 Å². The number of anilines is 3. The molecule has 4 aromatic rings. The van der Waals surface area contributed by atoms with Crippen molar-refractivity contribution in [1.29, 1.82) is 0 Å². The van der Waals surface area contributed by atoms with Crippen molar-refractivity contribution >= 4 is 68.0 Å². The van der Waals surface area contributed by atoms with E-state index in [1.165, 1.54) is 56.2 Å². The molecule has 0 fully saturated rings. The van der Waals surface area contributed by atoms with E-state index in [4.69, 9.17) is 17.3 Å². The number of rotatable bonds is 13.